The Morgan fingerprint density at radius 3 is 2.70 bits per heavy atom. The quantitative estimate of drug-likeness (QED) is 0.707. The third kappa shape index (κ3) is 4.34. The van der Waals surface area contributed by atoms with E-state index in [4.69, 9.17) is 8.42 Å². The maximum atomic E-state index is 14.1. The average Bonchev–Trinajstić information content (AvgIpc) is 3.10. The van der Waals surface area contributed by atoms with Crippen molar-refractivity contribution in [1.82, 2.24) is 25.1 Å². The van der Waals surface area contributed by atoms with Gasteiger partial charge in [-0.05, 0) is 50.6 Å². The van der Waals surface area contributed by atoms with E-state index in [-0.39, 0.29) is 5.82 Å². The maximum Gasteiger partial charge on any atom is 0.335 e. The smallest absolute Gasteiger partial charge is 0.335 e. The summed E-state index contributed by atoms with van der Waals surface area (Å²) in [5.41, 5.74) is 2.06. The van der Waals surface area contributed by atoms with Gasteiger partial charge in [0, 0.05) is 0 Å². The Balaban J connectivity index is 0.000000659. The molecule has 27 heavy (non-hydrogen) atoms. The van der Waals surface area contributed by atoms with Crippen LogP contribution in [0.2, 0.25) is 0 Å². The van der Waals surface area contributed by atoms with Crippen LogP contribution in [-0.2, 0) is 11.6 Å². The van der Waals surface area contributed by atoms with Crippen molar-refractivity contribution in [2.75, 3.05) is 18.4 Å². The van der Waals surface area contributed by atoms with Crippen molar-refractivity contribution in [3.05, 3.63) is 42.1 Å². The first-order valence-corrected chi connectivity index (χ1v) is 9.14. The van der Waals surface area contributed by atoms with E-state index >= 15 is 0 Å². The van der Waals surface area contributed by atoms with Gasteiger partial charge in [-0.1, -0.05) is 6.07 Å². The van der Waals surface area contributed by atoms with E-state index < -0.39 is 11.6 Å². The molecule has 8 nitrogen and oxygen atoms in total. The molecule has 0 amide bonds. The zero-order chi connectivity index (χ0) is 19.2. The maximum absolute atomic E-state index is 14.1. The van der Waals surface area contributed by atoms with Gasteiger partial charge in [-0.3, -0.25) is 0 Å². The van der Waals surface area contributed by atoms with E-state index in [0.717, 1.165) is 42.5 Å². The highest BCUT2D eigenvalue weighted by molar-refractivity contribution is 7.51. The van der Waals surface area contributed by atoms with Crippen molar-refractivity contribution < 1.29 is 12.8 Å². The minimum absolute atomic E-state index is 0.299. The molecule has 1 aliphatic rings. The third-order valence-electron chi connectivity index (χ3n) is 4.42. The molecule has 1 saturated heterocycles. The molecule has 2 aromatic heterocycles. The molecule has 2 N–H and O–H groups in total. The van der Waals surface area contributed by atoms with Gasteiger partial charge in [0.1, 0.15) is 18.0 Å². The first-order valence-electron chi connectivity index (χ1n) is 8.48. The molecular weight excluding hydrogens is 371 g/mol. The SMILES string of the molecule is Cc1ccc(Nc2ncnc3c2cnn3C2CCNCC2)c(F)c1.O=S=O. The zero-order valence-electron chi connectivity index (χ0n) is 14.7. The minimum atomic E-state index is -0.750. The fraction of sp³-hybridized carbons (Fsp3) is 0.353. The van der Waals surface area contributed by atoms with Crippen LogP contribution in [0.15, 0.2) is 30.7 Å². The number of hydrogen-bond acceptors (Lipinski definition) is 7. The molecule has 0 atom stereocenters. The monoisotopic (exact) mass is 390 g/mol. The summed E-state index contributed by atoms with van der Waals surface area (Å²) in [5.74, 6) is 0.274. The lowest BCUT2D eigenvalue weighted by atomic mass is 10.1. The molecule has 3 aromatic rings. The van der Waals surface area contributed by atoms with Gasteiger partial charge in [0.2, 0.25) is 0 Å². The topological polar surface area (TPSA) is 102 Å². The summed E-state index contributed by atoms with van der Waals surface area (Å²) in [6.45, 7) is 3.83. The van der Waals surface area contributed by atoms with Crippen molar-refractivity contribution in [2.24, 2.45) is 0 Å². The predicted molar refractivity (Wildman–Crippen MR) is 99.8 cm³/mol. The molecule has 0 unspecified atom stereocenters. The Kier molecular flexibility index (Phi) is 6.20. The Labute approximate surface area is 158 Å². The molecular formula is C17H19FN6O2S. The van der Waals surface area contributed by atoms with E-state index in [1.165, 1.54) is 12.4 Å². The molecule has 10 heteroatoms. The summed E-state index contributed by atoms with van der Waals surface area (Å²) in [5, 5.41) is 11.7. The summed E-state index contributed by atoms with van der Waals surface area (Å²) in [6, 6.07) is 5.42. The second kappa shape index (κ2) is 8.78. The number of hydrogen-bond donors (Lipinski definition) is 2. The van der Waals surface area contributed by atoms with E-state index in [1.807, 2.05) is 17.7 Å². The van der Waals surface area contributed by atoms with Gasteiger partial charge in [-0.15, -0.1) is 0 Å². The molecule has 142 valence electrons. The molecule has 0 radical (unpaired) electrons. The summed E-state index contributed by atoms with van der Waals surface area (Å²) in [4.78, 5) is 8.66. The second-order valence-corrected chi connectivity index (χ2v) is 6.34. The van der Waals surface area contributed by atoms with Gasteiger partial charge in [0.15, 0.2) is 5.65 Å². The van der Waals surface area contributed by atoms with Crippen molar-refractivity contribution in [3.8, 4) is 0 Å². The van der Waals surface area contributed by atoms with Gasteiger partial charge in [-0.25, -0.2) is 19.0 Å². The van der Waals surface area contributed by atoms with Crippen molar-refractivity contribution in [3.63, 3.8) is 0 Å². The van der Waals surface area contributed by atoms with Crippen LogP contribution in [0.3, 0.4) is 0 Å². The Bertz CT molecular complexity index is 967. The van der Waals surface area contributed by atoms with Crippen LogP contribution in [0.4, 0.5) is 15.9 Å². The first-order chi connectivity index (χ1) is 13.1. The number of benzene rings is 1. The average molecular weight is 390 g/mol. The number of rotatable bonds is 3. The van der Waals surface area contributed by atoms with Gasteiger partial charge in [0.25, 0.3) is 0 Å². The number of nitrogens with one attached hydrogen (secondary N) is 2. The van der Waals surface area contributed by atoms with Crippen LogP contribution in [0.25, 0.3) is 11.0 Å². The Hall–Kier alpha value is -2.72. The van der Waals surface area contributed by atoms with Crippen molar-refractivity contribution >= 4 is 34.1 Å². The molecule has 0 bridgehead atoms. The number of nitrogens with zero attached hydrogens (tertiary/aromatic N) is 4. The predicted octanol–water partition coefficient (Wildman–Crippen LogP) is 2.27. The van der Waals surface area contributed by atoms with Crippen LogP contribution < -0.4 is 10.6 Å². The van der Waals surface area contributed by atoms with E-state index in [2.05, 4.69) is 25.7 Å². The third-order valence-corrected chi connectivity index (χ3v) is 4.42. The van der Waals surface area contributed by atoms with Crippen LogP contribution in [0.5, 0.6) is 0 Å². The summed E-state index contributed by atoms with van der Waals surface area (Å²) in [7, 11) is 0. The lowest BCUT2D eigenvalue weighted by Crippen LogP contribution is -2.29. The minimum Gasteiger partial charge on any atom is -0.337 e. The number of aromatic nitrogens is 4. The van der Waals surface area contributed by atoms with Gasteiger partial charge in [0.05, 0.1) is 23.3 Å². The Morgan fingerprint density at radius 2 is 2.00 bits per heavy atom. The highest BCUT2D eigenvalue weighted by Gasteiger charge is 2.20. The fourth-order valence-electron chi connectivity index (χ4n) is 3.13. The molecule has 3 heterocycles. The van der Waals surface area contributed by atoms with Gasteiger partial charge in [-0.2, -0.15) is 13.5 Å². The number of fused-ring (bicyclic) bond motifs is 1. The Morgan fingerprint density at radius 1 is 1.26 bits per heavy atom. The molecule has 1 aromatic carbocycles. The first kappa shape index (κ1) is 19.1. The normalized spacial score (nSPS) is 14.4. The molecule has 1 aliphatic heterocycles. The van der Waals surface area contributed by atoms with Gasteiger partial charge < -0.3 is 10.6 Å². The summed E-state index contributed by atoms with van der Waals surface area (Å²) >= 11 is -0.750. The number of piperidine rings is 1. The van der Waals surface area contributed by atoms with Crippen molar-refractivity contribution in [2.45, 2.75) is 25.8 Å². The van der Waals surface area contributed by atoms with E-state index in [0.29, 0.717) is 17.5 Å². The van der Waals surface area contributed by atoms with E-state index in [9.17, 15) is 4.39 Å². The lowest BCUT2D eigenvalue weighted by Gasteiger charge is -2.23. The standard InChI is InChI=1S/C17H19FN6.O2S/c1-11-2-3-15(14(18)8-11)23-16-13-9-22-24(17(13)21-10-20-16)12-4-6-19-7-5-12;1-3-2/h2-3,8-10,12,19H,4-7H2,1H3,(H,20,21,23);. The number of aryl methyl sites for hydroxylation is 1. The summed E-state index contributed by atoms with van der Waals surface area (Å²) in [6.07, 6.45) is 5.30. The molecule has 0 saturated carbocycles. The van der Waals surface area contributed by atoms with Crippen LogP contribution >= 0.6 is 0 Å². The number of halogens is 1. The van der Waals surface area contributed by atoms with E-state index in [1.54, 1.807) is 12.3 Å². The highest BCUT2D eigenvalue weighted by Crippen LogP contribution is 2.28. The zero-order valence-corrected chi connectivity index (χ0v) is 15.5. The van der Waals surface area contributed by atoms with Crippen LogP contribution in [0.1, 0.15) is 24.4 Å². The summed E-state index contributed by atoms with van der Waals surface area (Å²) < 4.78 is 32.6. The lowest BCUT2D eigenvalue weighted by molar-refractivity contribution is 0.349. The van der Waals surface area contributed by atoms with Crippen LogP contribution in [-0.4, -0.2) is 41.3 Å². The molecule has 4 rings (SSSR count). The molecule has 1 fully saturated rings. The van der Waals surface area contributed by atoms with Gasteiger partial charge >= 0.3 is 11.6 Å². The second-order valence-electron chi connectivity index (χ2n) is 6.21. The fourth-order valence-corrected chi connectivity index (χ4v) is 3.13. The molecule has 0 aliphatic carbocycles. The molecule has 0 spiro atoms. The largest absolute Gasteiger partial charge is 0.337 e. The highest BCUT2D eigenvalue weighted by atomic mass is 32.1. The van der Waals surface area contributed by atoms with Crippen LogP contribution in [0, 0.1) is 12.7 Å². The van der Waals surface area contributed by atoms with Crippen molar-refractivity contribution in [1.29, 1.82) is 0 Å². The number of anilines is 2.